The molecule has 1 aromatic heterocycles. The third-order valence-corrected chi connectivity index (χ3v) is 3.67. The molecular formula is C20H17F2NO3. The Kier molecular flexibility index (Phi) is 5.63. The van der Waals surface area contributed by atoms with E-state index in [1.807, 2.05) is 0 Å². The van der Waals surface area contributed by atoms with Crippen LogP contribution in [0.15, 0.2) is 65.1 Å². The molecule has 1 heterocycles. The van der Waals surface area contributed by atoms with E-state index in [1.165, 1.54) is 36.4 Å². The predicted molar refractivity (Wildman–Crippen MR) is 91.9 cm³/mol. The van der Waals surface area contributed by atoms with Crippen molar-refractivity contribution < 1.29 is 22.7 Å². The first-order valence-electron chi connectivity index (χ1n) is 8.10. The molecule has 6 heteroatoms. The van der Waals surface area contributed by atoms with Crippen LogP contribution in [0.2, 0.25) is 0 Å². The minimum Gasteiger partial charge on any atom is -0.486 e. The number of rotatable bonds is 7. The van der Waals surface area contributed by atoms with Crippen molar-refractivity contribution in [1.29, 1.82) is 0 Å². The second kappa shape index (κ2) is 8.29. The van der Waals surface area contributed by atoms with Crippen molar-refractivity contribution in [1.82, 2.24) is 5.32 Å². The van der Waals surface area contributed by atoms with Gasteiger partial charge in [-0.2, -0.15) is 0 Å². The zero-order valence-corrected chi connectivity index (χ0v) is 13.9. The van der Waals surface area contributed by atoms with E-state index < -0.39 is 0 Å². The maximum absolute atomic E-state index is 13.1. The summed E-state index contributed by atoms with van der Waals surface area (Å²) in [6, 6.07) is 15.1. The number of ether oxygens (including phenoxy) is 1. The highest BCUT2D eigenvalue weighted by atomic mass is 19.1. The normalized spacial score (nSPS) is 10.5. The van der Waals surface area contributed by atoms with Crippen LogP contribution in [0.1, 0.15) is 21.9 Å². The molecule has 1 N–H and O–H groups in total. The number of amides is 1. The van der Waals surface area contributed by atoms with Gasteiger partial charge in [0.2, 0.25) is 0 Å². The zero-order chi connectivity index (χ0) is 18.4. The standard InChI is InChI=1S/C20H17F2NO3/c21-15-4-6-17(7-5-15)25-13-18-8-9-19(26-18)20(24)23-11-10-14-2-1-3-16(22)12-14/h1-9,12H,10-11,13H2,(H,23,24). The lowest BCUT2D eigenvalue weighted by Gasteiger charge is -2.05. The van der Waals surface area contributed by atoms with Crippen molar-refractivity contribution in [3.63, 3.8) is 0 Å². The number of hydrogen-bond donors (Lipinski definition) is 1. The van der Waals surface area contributed by atoms with Crippen molar-refractivity contribution in [2.75, 3.05) is 6.54 Å². The van der Waals surface area contributed by atoms with Crippen LogP contribution in [0.3, 0.4) is 0 Å². The summed E-state index contributed by atoms with van der Waals surface area (Å²) >= 11 is 0. The maximum Gasteiger partial charge on any atom is 0.287 e. The molecule has 0 saturated heterocycles. The molecule has 0 saturated carbocycles. The van der Waals surface area contributed by atoms with Crippen LogP contribution in [-0.4, -0.2) is 12.5 Å². The molecule has 1 amide bonds. The van der Waals surface area contributed by atoms with Gasteiger partial charge in [-0.1, -0.05) is 12.1 Å². The summed E-state index contributed by atoms with van der Waals surface area (Å²) in [7, 11) is 0. The molecular weight excluding hydrogens is 340 g/mol. The largest absolute Gasteiger partial charge is 0.486 e. The zero-order valence-electron chi connectivity index (χ0n) is 13.9. The van der Waals surface area contributed by atoms with Gasteiger partial charge in [0.1, 0.15) is 29.8 Å². The van der Waals surface area contributed by atoms with E-state index in [-0.39, 0.29) is 29.9 Å². The Balaban J connectivity index is 1.47. The summed E-state index contributed by atoms with van der Waals surface area (Å²) in [6.07, 6.45) is 0.519. The van der Waals surface area contributed by atoms with Crippen LogP contribution >= 0.6 is 0 Å². The van der Waals surface area contributed by atoms with E-state index >= 15 is 0 Å². The van der Waals surface area contributed by atoms with E-state index in [0.717, 1.165) is 5.56 Å². The summed E-state index contributed by atoms with van der Waals surface area (Å²) in [5.41, 5.74) is 0.804. The van der Waals surface area contributed by atoms with Gasteiger partial charge in [0.15, 0.2) is 5.76 Å². The van der Waals surface area contributed by atoms with Crippen molar-refractivity contribution >= 4 is 5.91 Å². The van der Waals surface area contributed by atoms with Gasteiger partial charge in [0.25, 0.3) is 5.91 Å². The smallest absolute Gasteiger partial charge is 0.287 e. The molecule has 3 rings (SSSR count). The minimum atomic E-state index is -0.352. The van der Waals surface area contributed by atoms with Crippen LogP contribution < -0.4 is 10.1 Å². The van der Waals surface area contributed by atoms with Gasteiger partial charge in [0, 0.05) is 6.54 Å². The molecule has 0 spiro atoms. The monoisotopic (exact) mass is 357 g/mol. The first kappa shape index (κ1) is 17.7. The first-order chi connectivity index (χ1) is 12.6. The number of furan rings is 1. The Morgan fingerprint density at radius 1 is 1.00 bits per heavy atom. The summed E-state index contributed by atoms with van der Waals surface area (Å²) in [5.74, 6) is 0.156. The van der Waals surface area contributed by atoms with Crippen molar-refractivity contribution in [2.24, 2.45) is 0 Å². The fourth-order valence-corrected chi connectivity index (χ4v) is 2.36. The molecule has 0 aliphatic carbocycles. The molecule has 4 nitrogen and oxygen atoms in total. The van der Waals surface area contributed by atoms with E-state index in [2.05, 4.69) is 5.32 Å². The lowest BCUT2D eigenvalue weighted by molar-refractivity contribution is 0.0922. The summed E-state index contributed by atoms with van der Waals surface area (Å²) in [4.78, 5) is 12.1. The lowest BCUT2D eigenvalue weighted by Crippen LogP contribution is -2.25. The molecule has 3 aromatic rings. The molecule has 0 unspecified atom stereocenters. The molecule has 134 valence electrons. The Labute approximate surface area is 149 Å². The van der Waals surface area contributed by atoms with Crippen LogP contribution in [0, 0.1) is 11.6 Å². The van der Waals surface area contributed by atoms with Gasteiger partial charge in [-0.05, 0) is 60.5 Å². The molecule has 0 fully saturated rings. The number of halogens is 2. The van der Waals surface area contributed by atoms with Crippen LogP contribution in [0.5, 0.6) is 5.75 Å². The summed E-state index contributed by atoms with van der Waals surface area (Å²) < 4.78 is 36.8. The molecule has 0 bridgehead atoms. The molecule has 0 aliphatic heterocycles. The SMILES string of the molecule is O=C(NCCc1cccc(F)c1)c1ccc(COc2ccc(F)cc2)o1. The molecule has 0 radical (unpaired) electrons. The minimum absolute atomic E-state index is 0.127. The van der Waals surface area contributed by atoms with E-state index in [1.54, 1.807) is 24.3 Å². The number of hydrogen-bond acceptors (Lipinski definition) is 3. The molecule has 2 aromatic carbocycles. The predicted octanol–water partition coefficient (Wildman–Crippen LogP) is 4.11. The fraction of sp³-hybridized carbons (Fsp3) is 0.150. The second-order valence-electron chi connectivity index (χ2n) is 5.64. The maximum atomic E-state index is 13.1. The second-order valence-corrected chi connectivity index (χ2v) is 5.64. The van der Waals surface area contributed by atoms with Crippen molar-refractivity contribution in [3.05, 3.63) is 89.4 Å². The Morgan fingerprint density at radius 3 is 2.58 bits per heavy atom. The van der Waals surface area contributed by atoms with Crippen LogP contribution in [0.25, 0.3) is 0 Å². The summed E-state index contributed by atoms with van der Waals surface area (Å²) in [6.45, 7) is 0.493. The average Bonchev–Trinajstić information content (AvgIpc) is 3.10. The number of nitrogens with one attached hydrogen (secondary N) is 1. The van der Waals surface area contributed by atoms with Crippen LogP contribution in [0.4, 0.5) is 8.78 Å². The highest BCUT2D eigenvalue weighted by molar-refractivity contribution is 5.91. The Bertz CT molecular complexity index is 875. The van der Waals surface area contributed by atoms with Crippen LogP contribution in [-0.2, 0) is 13.0 Å². The number of carbonyl (C=O) groups is 1. The van der Waals surface area contributed by atoms with Gasteiger partial charge in [-0.15, -0.1) is 0 Å². The van der Waals surface area contributed by atoms with Crippen molar-refractivity contribution in [3.8, 4) is 5.75 Å². The highest BCUT2D eigenvalue weighted by Crippen LogP contribution is 2.15. The quantitative estimate of drug-likeness (QED) is 0.692. The Hall–Kier alpha value is -3.15. The van der Waals surface area contributed by atoms with E-state index in [9.17, 15) is 13.6 Å². The number of carbonyl (C=O) groups excluding carboxylic acids is 1. The third kappa shape index (κ3) is 4.92. The van der Waals surface area contributed by atoms with Gasteiger partial charge in [0.05, 0.1) is 0 Å². The molecule has 26 heavy (non-hydrogen) atoms. The average molecular weight is 357 g/mol. The molecule has 0 atom stereocenters. The number of benzene rings is 2. The van der Waals surface area contributed by atoms with Gasteiger partial charge in [-0.3, -0.25) is 4.79 Å². The van der Waals surface area contributed by atoms with Gasteiger partial charge in [-0.25, -0.2) is 8.78 Å². The van der Waals surface area contributed by atoms with Crippen molar-refractivity contribution in [2.45, 2.75) is 13.0 Å². The van der Waals surface area contributed by atoms with Gasteiger partial charge < -0.3 is 14.5 Å². The lowest BCUT2D eigenvalue weighted by atomic mass is 10.1. The fourth-order valence-electron chi connectivity index (χ4n) is 2.36. The van der Waals surface area contributed by atoms with E-state index in [0.29, 0.717) is 24.5 Å². The molecule has 0 aliphatic rings. The highest BCUT2D eigenvalue weighted by Gasteiger charge is 2.11. The van der Waals surface area contributed by atoms with E-state index in [4.69, 9.17) is 9.15 Å². The summed E-state index contributed by atoms with van der Waals surface area (Å²) in [5, 5.41) is 2.72. The first-order valence-corrected chi connectivity index (χ1v) is 8.10. The Morgan fingerprint density at radius 2 is 1.81 bits per heavy atom. The van der Waals surface area contributed by atoms with Gasteiger partial charge >= 0.3 is 0 Å². The topological polar surface area (TPSA) is 51.5 Å². The third-order valence-electron chi connectivity index (χ3n) is 3.67.